The number of carbonyl (C=O) groups excluding carboxylic acids is 1. The third kappa shape index (κ3) is 3.08. The standard InChI is InChI=1S/C24H19NO2/c1-25-20-15-9-8-14-19(20)24(27)22(23(26)18-12-6-3-7-13-18)21(25)16-17-10-4-2-5-11-17/h2-15H,16H2,1H3. The number of fused-ring (bicyclic) bond motifs is 1. The van der Waals surface area contributed by atoms with Crippen LogP contribution in [0.25, 0.3) is 10.9 Å². The fourth-order valence-corrected chi connectivity index (χ4v) is 3.50. The number of aryl methyl sites for hydroxylation is 1. The van der Waals surface area contributed by atoms with Crippen LogP contribution in [0, 0.1) is 0 Å². The summed E-state index contributed by atoms with van der Waals surface area (Å²) < 4.78 is 1.97. The van der Waals surface area contributed by atoms with Gasteiger partial charge in [0.15, 0.2) is 5.78 Å². The Morgan fingerprint density at radius 2 is 1.41 bits per heavy atom. The molecule has 0 atom stereocenters. The summed E-state index contributed by atoms with van der Waals surface area (Å²) in [4.78, 5) is 26.5. The maximum atomic E-state index is 13.3. The zero-order valence-electron chi connectivity index (χ0n) is 15.1. The molecular weight excluding hydrogens is 334 g/mol. The average Bonchev–Trinajstić information content (AvgIpc) is 2.73. The second-order valence-electron chi connectivity index (χ2n) is 6.58. The van der Waals surface area contributed by atoms with Crippen molar-refractivity contribution in [3.05, 3.63) is 118 Å². The molecule has 1 aromatic heterocycles. The summed E-state index contributed by atoms with van der Waals surface area (Å²) in [6, 6.07) is 26.3. The quantitative estimate of drug-likeness (QED) is 0.511. The Morgan fingerprint density at radius 3 is 2.11 bits per heavy atom. The molecule has 0 unspecified atom stereocenters. The second-order valence-corrected chi connectivity index (χ2v) is 6.58. The molecular formula is C24H19NO2. The molecule has 0 N–H and O–H groups in total. The van der Waals surface area contributed by atoms with Gasteiger partial charge in [-0.2, -0.15) is 0 Å². The molecule has 0 fully saturated rings. The van der Waals surface area contributed by atoms with Gasteiger partial charge in [-0.25, -0.2) is 0 Å². The van der Waals surface area contributed by atoms with Gasteiger partial charge in [-0.3, -0.25) is 9.59 Å². The molecule has 3 aromatic carbocycles. The number of hydrogen-bond donors (Lipinski definition) is 0. The summed E-state index contributed by atoms with van der Waals surface area (Å²) in [5.74, 6) is -0.229. The Morgan fingerprint density at radius 1 is 0.815 bits per heavy atom. The average molecular weight is 353 g/mol. The van der Waals surface area contributed by atoms with Crippen LogP contribution in [0.2, 0.25) is 0 Å². The predicted octanol–water partition coefficient (Wildman–Crippen LogP) is 4.36. The fourth-order valence-electron chi connectivity index (χ4n) is 3.50. The second kappa shape index (κ2) is 7.04. The van der Waals surface area contributed by atoms with E-state index < -0.39 is 0 Å². The van der Waals surface area contributed by atoms with Crippen molar-refractivity contribution in [1.29, 1.82) is 0 Å². The molecule has 0 aliphatic heterocycles. The van der Waals surface area contributed by atoms with Crippen LogP contribution >= 0.6 is 0 Å². The van der Waals surface area contributed by atoms with E-state index in [0.29, 0.717) is 17.4 Å². The van der Waals surface area contributed by atoms with E-state index in [-0.39, 0.29) is 16.8 Å². The van der Waals surface area contributed by atoms with Crippen LogP contribution in [0.5, 0.6) is 0 Å². The Labute approximate surface area is 157 Å². The van der Waals surface area contributed by atoms with Crippen molar-refractivity contribution in [2.24, 2.45) is 7.05 Å². The van der Waals surface area contributed by atoms with E-state index in [1.54, 1.807) is 18.2 Å². The Hall–Kier alpha value is -3.46. The highest BCUT2D eigenvalue weighted by Crippen LogP contribution is 2.20. The van der Waals surface area contributed by atoms with Gasteiger partial charge in [0.05, 0.1) is 11.1 Å². The van der Waals surface area contributed by atoms with Crippen LogP contribution in [0.4, 0.5) is 0 Å². The molecule has 0 bridgehead atoms. The van der Waals surface area contributed by atoms with E-state index in [2.05, 4.69) is 0 Å². The third-order valence-electron chi connectivity index (χ3n) is 4.91. The van der Waals surface area contributed by atoms with Crippen LogP contribution in [0.15, 0.2) is 89.7 Å². The molecule has 0 aliphatic rings. The van der Waals surface area contributed by atoms with Crippen LogP contribution in [-0.2, 0) is 13.5 Å². The smallest absolute Gasteiger partial charge is 0.200 e. The molecule has 0 radical (unpaired) electrons. The molecule has 3 heteroatoms. The number of benzene rings is 3. The van der Waals surface area contributed by atoms with Gasteiger partial charge in [0.25, 0.3) is 0 Å². The van der Waals surface area contributed by atoms with Crippen LogP contribution < -0.4 is 5.43 Å². The molecule has 27 heavy (non-hydrogen) atoms. The van der Waals surface area contributed by atoms with Gasteiger partial charge in [0, 0.05) is 30.1 Å². The predicted molar refractivity (Wildman–Crippen MR) is 108 cm³/mol. The third-order valence-corrected chi connectivity index (χ3v) is 4.91. The van der Waals surface area contributed by atoms with Crippen molar-refractivity contribution in [3.8, 4) is 0 Å². The van der Waals surface area contributed by atoms with Crippen molar-refractivity contribution < 1.29 is 4.79 Å². The topological polar surface area (TPSA) is 39.1 Å². The lowest BCUT2D eigenvalue weighted by atomic mass is 9.95. The monoisotopic (exact) mass is 353 g/mol. The number of para-hydroxylation sites is 1. The van der Waals surface area contributed by atoms with Crippen molar-refractivity contribution >= 4 is 16.7 Å². The fraction of sp³-hybridized carbons (Fsp3) is 0.0833. The van der Waals surface area contributed by atoms with Gasteiger partial charge < -0.3 is 4.57 Å². The highest BCUT2D eigenvalue weighted by Gasteiger charge is 2.22. The van der Waals surface area contributed by atoms with E-state index >= 15 is 0 Å². The number of carbonyl (C=O) groups is 1. The van der Waals surface area contributed by atoms with Gasteiger partial charge in [-0.15, -0.1) is 0 Å². The van der Waals surface area contributed by atoms with E-state index in [1.165, 1.54) is 0 Å². The molecule has 0 saturated carbocycles. The minimum Gasteiger partial charge on any atom is -0.346 e. The minimum absolute atomic E-state index is 0.205. The molecule has 0 saturated heterocycles. The number of hydrogen-bond acceptors (Lipinski definition) is 2. The number of ketones is 1. The molecule has 0 spiro atoms. The van der Waals surface area contributed by atoms with Crippen molar-refractivity contribution in [2.45, 2.75) is 6.42 Å². The summed E-state index contributed by atoms with van der Waals surface area (Å²) in [6.45, 7) is 0. The van der Waals surface area contributed by atoms with E-state index in [9.17, 15) is 9.59 Å². The first-order chi connectivity index (χ1) is 13.2. The number of rotatable bonds is 4. The SMILES string of the molecule is Cn1c(Cc2ccccc2)c(C(=O)c2ccccc2)c(=O)c2ccccc21. The van der Waals surface area contributed by atoms with Gasteiger partial charge in [0.1, 0.15) is 0 Å². The molecule has 4 aromatic rings. The van der Waals surface area contributed by atoms with Crippen LogP contribution in [0.3, 0.4) is 0 Å². The molecule has 0 aliphatic carbocycles. The Kier molecular flexibility index (Phi) is 4.43. The van der Waals surface area contributed by atoms with E-state index in [0.717, 1.165) is 16.8 Å². The minimum atomic E-state index is -0.229. The lowest BCUT2D eigenvalue weighted by Crippen LogP contribution is -2.24. The summed E-state index contributed by atoms with van der Waals surface area (Å²) in [5.41, 5.74) is 3.20. The van der Waals surface area contributed by atoms with Crippen molar-refractivity contribution in [2.75, 3.05) is 0 Å². The summed E-state index contributed by atoms with van der Waals surface area (Å²) in [5, 5.41) is 0.566. The normalized spacial score (nSPS) is 10.9. The molecule has 4 rings (SSSR count). The molecule has 0 amide bonds. The summed E-state index contributed by atoms with van der Waals surface area (Å²) in [7, 11) is 1.92. The van der Waals surface area contributed by atoms with Gasteiger partial charge >= 0.3 is 0 Å². The highest BCUT2D eigenvalue weighted by atomic mass is 16.1. The lowest BCUT2D eigenvalue weighted by molar-refractivity contribution is 0.103. The largest absolute Gasteiger partial charge is 0.346 e. The van der Waals surface area contributed by atoms with Crippen molar-refractivity contribution in [1.82, 2.24) is 4.57 Å². The molecule has 3 nitrogen and oxygen atoms in total. The van der Waals surface area contributed by atoms with Crippen molar-refractivity contribution in [3.63, 3.8) is 0 Å². The van der Waals surface area contributed by atoms with Crippen LogP contribution in [-0.4, -0.2) is 10.4 Å². The molecule has 1 heterocycles. The maximum absolute atomic E-state index is 13.3. The zero-order valence-corrected chi connectivity index (χ0v) is 15.1. The number of pyridine rings is 1. The van der Waals surface area contributed by atoms with Gasteiger partial charge in [0.2, 0.25) is 5.43 Å². The Bertz CT molecular complexity index is 1180. The number of aromatic nitrogens is 1. The Balaban J connectivity index is 2.00. The first-order valence-electron chi connectivity index (χ1n) is 8.91. The summed E-state index contributed by atoms with van der Waals surface area (Å²) >= 11 is 0. The van der Waals surface area contributed by atoms with Gasteiger partial charge in [-0.05, 0) is 17.7 Å². The lowest BCUT2D eigenvalue weighted by Gasteiger charge is -2.17. The maximum Gasteiger partial charge on any atom is 0.200 e. The van der Waals surface area contributed by atoms with E-state index in [4.69, 9.17) is 0 Å². The zero-order chi connectivity index (χ0) is 18.8. The number of nitrogens with zero attached hydrogens (tertiary/aromatic N) is 1. The first kappa shape index (κ1) is 17.0. The van der Waals surface area contributed by atoms with E-state index in [1.807, 2.05) is 78.3 Å². The van der Waals surface area contributed by atoms with Gasteiger partial charge in [-0.1, -0.05) is 72.8 Å². The highest BCUT2D eigenvalue weighted by molar-refractivity contribution is 6.11. The summed E-state index contributed by atoms with van der Waals surface area (Å²) in [6.07, 6.45) is 0.519. The van der Waals surface area contributed by atoms with Crippen LogP contribution in [0.1, 0.15) is 27.2 Å². The first-order valence-corrected chi connectivity index (χ1v) is 8.91. The molecule has 132 valence electrons.